The van der Waals surface area contributed by atoms with E-state index in [1.54, 1.807) is 12.1 Å². The highest BCUT2D eigenvalue weighted by molar-refractivity contribution is 6.20. The highest BCUT2D eigenvalue weighted by atomic mass is 16.7. The lowest BCUT2D eigenvalue weighted by atomic mass is 10.1. The van der Waals surface area contributed by atoms with E-state index in [0.717, 1.165) is 31.6 Å². The molecule has 2 aliphatic rings. The summed E-state index contributed by atoms with van der Waals surface area (Å²) < 4.78 is 2.04. The number of carbonyl (C=O) groups excluding carboxylic acids is 3. The fourth-order valence-electron chi connectivity index (χ4n) is 3.09. The maximum absolute atomic E-state index is 12.2. The van der Waals surface area contributed by atoms with E-state index in [-0.39, 0.29) is 17.5 Å². The molecule has 1 aromatic heterocycles. The van der Waals surface area contributed by atoms with Gasteiger partial charge < -0.3 is 9.40 Å². The van der Waals surface area contributed by atoms with Crippen molar-refractivity contribution in [3.63, 3.8) is 0 Å². The number of carbonyl (C=O) groups is 3. The van der Waals surface area contributed by atoms with Gasteiger partial charge in [-0.15, -0.1) is 0 Å². The van der Waals surface area contributed by atoms with Gasteiger partial charge in [-0.25, -0.2) is 9.78 Å². The molecule has 2 amide bonds. The summed E-state index contributed by atoms with van der Waals surface area (Å²) in [5.74, 6) is -0.953. The van der Waals surface area contributed by atoms with Crippen molar-refractivity contribution in [1.82, 2.24) is 14.6 Å². The van der Waals surface area contributed by atoms with E-state index in [0.29, 0.717) is 10.8 Å². The van der Waals surface area contributed by atoms with Crippen LogP contribution in [0.3, 0.4) is 0 Å². The number of imidazole rings is 1. The van der Waals surface area contributed by atoms with Gasteiger partial charge in [0.1, 0.15) is 5.82 Å². The predicted octanol–water partition coefficient (Wildman–Crippen LogP) is 1.52. The zero-order valence-corrected chi connectivity index (χ0v) is 12.9. The standard InChI is InChI=1S/C17H15N3O4/c21-15(9-11-10-19-8-4-3-7-14(19)18-11)24-20-16(22)12-5-1-2-6-13(12)17(20)23/h1-2,5-6,10H,3-4,7-9H2. The number of amides is 2. The van der Waals surface area contributed by atoms with Crippen molar-refractivity contribution in [3.05, 3.63) is 53.1 Å². The van der Waals surface area contributed by atoms with Crippen LogP contribution in [0, 0.1) is 0 Å². The van der Waals surface area contributed by atoms with Crippen molar-refractivity contribution in [3.8, 4) is 0 Å². The molecule has 0 bridgehead atoms. The van der Waals surface area contributed by atoms with Crippen molar-refractivity contribution in [2.75, 3.05) is 0 Å². The van der Waals surface area contributed by atoms with Gasteiger partial charge in [0.15, 0.2) is 0 Å². The molecule has 7 nitrogen and oxygen atoms in total. The van der Waals surface area contributed by atoms with Crippen LogP contribution in [0.1, 0.15) is 45.1 Å². The second-order valence-corrected chi connectivity index (χ2v) is 5.89. The van der Waals surface area contributed by atoms with Crippen LogP contribution in [-0.4, -0.2) is 32.4 Å². The summed E-state index contributed by atoms with van der Waals surface area (Å²) in [6.07, 6.45) is 4.84. The lowest BCUT2D eigenvalue weighted by Crippen LogP contribution is -2.33. The molecule has 0 saturated carbocycles. The number of hydrogen-bond acceptors (Lipinski definition) is 5. The minimum absolute atomic E-state index is 0.0760. The van der Waals surface area contributed by atoms with Gasteiger partial charge in [0, 0.05) is 19.2 Å². The fourth-order valence-corrected chi connectivity index (χ4v) is 3.09. The minimum atomic E-state index is -0.681. The van der Waals surface area contributed by atoms with Crippen LogP contribution < -0.4 is 0 Å². The smallest absolute Gasteiger partial charge is 0.335 e. The first-order chi connectivity index (χ1) is 11.6. The summed E-state index contributed by atoms with van der Waals surface area (Å²) in [6, 6.07) is 6.38. The molecule has 7 heteroatoms. The molecular formula is C17H15N3O4. The van der Waals surface area contributed by atoms with Crippen molar-refractivity contribution in [2.45, 2.75) is 32.2 Å². The molecule has 122 valence electrons. The van der Waals surface area contributed by atoms with Crippen LogP contribution in [0.2, 0.25) is 0 Å². The van der Waals surface area contributed by atoms with E-state index >= 15 is 0 Å². The topological polar surface area (TPSA) is 81.5 Å². The number of aromatic nitrogens is 2. The van der Waals surface area contributed by atoms with Gasteiger partial charge in [-0.05, 0) is 25.0 Å². The van der Waals surface area contributed by atoms with Gasteiger partial charge in [0.25, 0.3) is 11.8 Å². The lowest BCUT2D eigenvalue weighted by Gasteiger charge is -2.12. The highest BCUT2D eigenvalue weighted by Gasteiger charge is 2.38. The molecule has 2 aromatic rings. The van der Waals surface area contributed by atoms with Crippen LogP contribution in [0.5, 0.6) is 0 Å². The predicted molar refractivity (Wildman–Crippen MR) is 81.9 cm³/mol. The Balaban J connectivity index is 1.46. The van der Waals surface area contributed by atoms with Gasteiger partial charge in [-0.2, -0.15) is 0 Å². The summed E-state index contributed by atoms with van der Waals surface area (Å²) in [5, 5.41) is 0.531. The van der Waals surface area contributed by atoms with E-state index in [4.69, 9.17) is 4.84 Å². The van der Waals surface area contributed by atoms with E-state index in [9.17, 15) is 14.4 Å². The second-order valence-electron chi connectivity index (χ2n) is 5.89. The van der Waals surface area contributed by atoms with Crippen molar-refractivity contribution < 1.29 is 19.2 Å². The summed E-state index contributed by atoms with van der Waals surface area (Å²) in [4.78, 5) is 45.8. The fraction of sp³-hybridized carbons (Fsp3) is 0.294. The average Bonchev–Trinajstić information content (AvgIpc) is 3.09. The maximum atomic E-state index is 12.2. The first-order valence-electron chi connectivity index (χ1n) is 7.87. The van der Waals surface area contributed by atoms with Crippen LogP contribution in [0.4, 0.5) is 0 Å². The van der Waals surface area contributed by atoms with E-state index in [1.807, 2.05) is 10.8 Å². The molecule has 2 aliphatic heterocycles. The highest BCUT2D eigenvalue weighted by Crippen LogP contribution is 2.23. The molecule has 0 spiro atoms. The third-order valence-electron chi connectivity index (χ3n) is 4.23. The van der Waals surface area contributed by atoms with Crippen molar-refractivity contribution in [1.29, 1.82) is 0 Å². The molecule has 0 atom stereocenters. The van der Waals surface area contributed by atoms with Gasteiger partial charge in [0.2, 0.25) is 0 Å². The second kappa shape index (κ2) is 5.59. The number of imide groups is 1. The van der Waals surface area contributed by atoms with Crippen molar-refractivity contribution in [2.24, 2.45) is 0 Å². The number of nitrogens with zero attached hydrogens (tertiary/aromatic N) is 3. The summed E-state index contributed by atoms with van der Waals surface area (Å²) >= 11 is 0. The maximum Gasteiger partial charge on any atom is 0.339 e. The average molecular weight is 325 g/mol. The molecule has 0 unspecified atom stereocenters. The Morgan fingerprint density at radius 3 is 2.50 bits per heavy atom. The van der Waals surface area contributed by atoms with Crippen LogP contribution in [-0.2, 0) is 29.0 Å². The molecule has 1 aromatic carbocycles. The minimum Gasteiger partial charge on any atom is -0.335 e. The Bertz CT molecular complexity index is 797. The van der Waals surface area contributed by atoms with Gasteiger partial charge in [-0.1, -0.05) is 17.2 Å². The summed E-state index contributed by atoms with van der Waals surface area (Å²) in [5.41, 5.74) is 1.08. The Kier molecular flexibility index (Phi) is 3.41. The quantitative estimate of drug-likeness (QED) is 0.799. The first kappa shape index (κ1) is 14.6. The molecule has 0 N–H and O–H groups in total. The number of hydrogen-bond donors (Lipinski definition) is 0. The monoisotopic (exact) mass is 325 g/mol. The summed E-state index contributed by atoms with van der Waals surface area (Å²) in [7, 11) is 0. The number of rotatable bonds is 3. The van der Waals surface area contributed by atoms with Crippen LogP contribution in [0.15, 0.2) is 30.5 Å². The zero-order valence-electron chi connectivity index (χ0n) is 12.9. The van der Waals surface area contributed by atoms with Crippen molar-refractivity contribution >= 4 is 17.8 Å². The Hall–Kier alpha value is -2.96. The van der Waals surface area contributed by atoms with E-state index in [1.165, 1.54) is 12.1 Å². The largest absolute Gasteiger partial charge is 0.339 e. The summed E-state index contributed by atoms with van der Waals surface area (Å²) in [6.45, 7) is 0.899. The SMILES string of the molecule is O=C(Cc1cn2c(n1)CCCC2)ON1C(=O)c2ccccc2C1=O. The Morgan fingerprint density at radius 1 is 1.12 bits per heavy atom. The molecule has 0 aliphatic carbocycles. The molecule has 0 radical (unpaired) electrons. The number of hydroxylamine groups is 2. The molecule has 3 heterocycles. The van der Waals surface area contributed by atoms with Gasteiger partial charge in [0.05, 0.1) is 23.2 Å². The third-order valence-corrected chi connectivity index (χ3v) is 4.23. The lowest BCUT2D eigenvalue weighted by molar-refractivity contribution is -0.167. The number of fused-ring (bicyclic) bond motifs is 2. The molecule has 24 heavy (non-hydrogen) atoms. The zero-order chi connectivity index (χ0) is 16.7. The van der Waals surface area contributed by atoms with Gasteiger partial charge >= 0.3 is 5.97 Å². The molecule has 0 saturated heterocycles. The molecular weight excluding hydrogens is 310 g/mol. The molecule has 4 rings (SSSR count). The molecule has 0 fully saturated rings. The van der Waals surface area contributed by atoms with Crippen LogP contribution in [0.25, 0.3) is 0 Å². The Morgan fingerprint density at radius 2 is 1.83 bits per heavy atom. The number of benzene rings is 1. The third kappa shape index (κ3) is 2.38. The Labute approximate surface area is 137 Å². The van der Waals surface area contributed by atoms with Crippen LogP contribution >= 0.6 is 0 Å². The normalized spacial score (nSPS) is 16.1. The van der Waals surface area contributed by atoms with Gasteiger partial charge in [-0.3, -0.25) is 9.59 Å². The number of aryl methyl sites for hydroxylation is 2. The van der Waals surface area contributed by atoms with E-state index < -0.39 is 17.8 Å². The van der Waals surface area contributed by atoms with E-state index in [2.05, 4.69) is 4.98 Å². The first-order valence-corrected chi connectivity index (χ1v) is 7.87.